The minimum Gasteiger partial charge on any atom is -0.143 e. The molecule has 1 radical (unpaired) electrons. The van der Waals surface area contributed by atoms with Crippen LogP contribution in [-0.2, 0) is 0 Å². The van der Waals surface area contributed by atoms with Crippen molar-refractivity contribution < 1.29 is 0 Å². The maximum atomic E-state index is 5.39. The zero-order chi connectivity index (χ0) is 6.69. The molecule has 0 unspecified atom stereocenters. The van der Waals surface area contributed by atoms with Gasteiger partial charge in [-0.25, -0.2) is 0 Å². The van der Waals surface area contributed by atoms with Gasteiger partial charge in [0.15, 0.2) is 0 Å². The highest BCUT2D eigenvalue weighted by Crippen LogP contribution is 2.13. The van der Waals surface area contributed by atoms with E-state index in [2.05, 4.69) is 12.6 Å². The average Bonchev–Trinajstić information content (AvgIpc) is 1.90. The van der Waals surface area contributed by atoms with Gasteiger partial charge in [0.2, 0.25) is 0 Å². The lowest BCUT2D eigenvalue weighted by atomic mass is 10.2. The average molecular weight is 135 g/mol. The lowest BCUT2D eigenvalue weighted by Crippen LogP contribution is -1.70. The van der Waals surface area contributed by atoms with Crippen molar-refractivity contribution >= 4 is 17.5 Å². The van der Waals surface area contributed by atoms with Gasteiger partial charge in [-0.15, -0.1) is 12.6 Å². The molecule has 0 nitrogen and oxygen atoms in total. The Morgan fingerprint density at radius 3 is 2.11 bits per heavy atom. The summed E-state index contributed by atoms with van der Waals surface area (Å²) in [4.78, 5) is 0.565. The van der Waals surface area contributed by atoms with Gasteiger partial charge in [0, 0.05) is 4.91 Å². The van der Waals surface area contributed by atoms with Crippen LogP contribution >= 0.6 is 12.6 Å². The quantitative estimate of drug-likeness (QED) is 0.561. The van der Waals surface area contributed by atoms with Crippen molar-refractivity contribution in [2.24, 2.45) is 0 Å². The molecular weight excluding hydrogens is 128 g/mol. The smallest absolute Gasteiger partial charge is 0.0113 e. The zero-order valence-corrected chi connectivity index (χ0v) is 5.81. The fraction of sp³-hybridized carbons (Fsp3) is 0. The second-order valence-electron chi connectivity index (χ2n) is 1.75. The number of thiol groups is 1. The molecule has 0 aliphatic heterocycles. The Hall–Kier alpha value is -0.690. The van der Waals surface area contributed by atoms with E-state index in [1.54, 1.807) is 0 Å². The van der Waals surface area contributed by atoms with E-state index in [9.17, 15) is 0 Å². The Morgan fingerprint density at radius 1 is 1.22 bits per heavy atom. The summed E-state index contributed by atoms with van der Waals surface area (Å²) < 4.78 is 0. The van der Waals surface area contributed by atoms with Gasteiger partial charge in [0.1, 0.15) is 0 Å². The highest BCUT2D eigenvalue weighted by Gasteiger charge is 1.87. The third kappa shape index (κ3) is 1.61. The van der Waals surface area contributed by atoms with Crippen LogP contribution in [0.25, 0.3) is 4.91 Å². The molecule has 1 aromatic carbocycles. The summed E-state index contributed by atoms with van der Waals surface area (Å²) in [6.45, 7) is 5.39. The van der Waals surface area contributed by atoms with Crippen LogP contribution in [0.2, 0.25) is 0 Å². The topological polar surface area (TPSA) is 0 Å². The molecule has 1 heteroatoms. The first-order valence-electron chi connectivity index (χ1n) is 2.67. The maximum Gasteiger partial charge on any atom is 0.0113 e. The van der Waals surface area contributed by atoms with Crippen LogP contribution in [0.1, 0.15) is 5.56 Å². The van der Waals surface area contributed by atoms with E-state index < -0.39 is 0 Å². The van der Waals surface area contributed by atoms with Gasteiger partial charge >= 0.3 is 0 Å². The molecule has 0 saturated carbocycles. The summed E-state index contributed by atoms with van der Waals surface area (Å²) in [5.41, 5.74) is 0.973. The minimum absolute atomic E-state index is 0.565. The van der Waals surface area contributed by atoms with Crippen molar-refractivity contribution in [3.8, 4) is 0 Å². The van der Waals surface area contributed by atoms with E-state index in [0.29, 0.717) is 4.91 Å². The Balaban J connectivity index is 2.98. The number of benzene rings is 1. The van der Waals surface area contributed by atoms with E-state index >= 15 is 0 Å². The second-order valence-corrected chi connectivity index (χ2v) is 2.23. The van der Waals surface area contributed by atoms with Crippen LogP contribution in [0.4, 0.5) is 0 Å². The molecule has 0 saturated heterocycles. The zero-order valence-electron chi connectivity index (χ0n) is 4.91. The fourth-order valence-electron chi connectivity index (χ4n) is 0.609. The molecule has 0 aromatic heterocycles. The van der Waals surface area contributed by atoms with Crippen molar-refractivity contribution in [2.45, 2.75) is 0 Å². The summed E-state index contributed by atoms with van der Waals surface area (Å²) in [6, 6.07) is 9.64. The van der Waals surface area contributed by atoms with Crippen LogP contribution in [-0.4, -0.2) is 0 Å². The molecule has 0 heterocycles. The first-order chi connectivity index (χ1) is 4.30. The predicted octanol–water partition coefficient (Wildman–Crippen LogP) is 2.39. The van der Waals surface area contributed by atoms with E-state index in [-0.39, 0.29) is 0 Å². The first-order valence-corrected chi connectivity index (χ1v) is 3.12. The molecule has 0 fully saturated rings. The van der Waals surface area contributed by atoms with Crippen molar-refractivity contribution in [1.29, 1.82) is 0 Å². The Morgan fingerprint density at radius 2 is 1.78 bits per heavy atom. The highest BCUT2D eigenvalue weighted by molar-refractivity contribution is 7.90. The van der Waals surface area contributed by atoms with E-state index in [0.717, 1.165) is 5.56 Å². The van der Waals surface area contributed by atoms with Crippen molar-refractivity contribution in [3.05, 3.63) is 42.5 Å². The molecule has 0 atom stereocenters. The van der Waals surface area contributed by atoms with Gasteiger partial charge in [-0.1, -0.05) is 30.3 Å². The van der Waals surface area contributed by atoms with Gasteiger partial charge in [-0.05, 0) is 12.1 Å². The third-order valence-corrected chi connectivity index (χ3v) is 1.33. The molecule has 1 aromatic rings. The first kappa shape index (κ1) is 6.43. The molecule has 9 heavy (non-hydrogen) atoms. The van der Waals surface area contributed by atoms with Crippen molar-refractivity contribution in [2.75, 3.05) is 0 Å². The summed E-state index contributed by atoms with van der Waals surface area (Å²) in [6.07, 6.45) is 0. The summed E-state index contributed by atoms with van der Waals surface area (Å²) in [5, 5.41) is 0. The molecule has 1 rings (SSSR count). The van der Waals surface area contributed by atoms with Crippen LogP contribution < -0.4 is 0 Å². The van der Waals surface area contributed by atoms with Crippen LogP contribution in [0, 0.1) is 6.58 Å². The lowest BCUT2D eigenvalue weighted by molar-refractivity contribution is 1.66. The van der Waals surface area contributed by atoms with Gasteiger partial charge in [0.25, 0.3) is 0 Å². The fourth-order valence-corrected chi connectivity index (χ4v) is 0.758. The number of rotatable bonds is 1. The third-order valence-electron chi connectivity index (χ3n) is 1.07. The van der Waals surface area contributed by atoms with Crippen LogP contribution in [0.15, 0.2) is 30.3 Å². The molecule has 0 spiro atoms. The van der Waals surface area contributed by atoms with E-state index in [1.807, 2.05) is 30.3 Å². The molecular formula is C8H7S. The van der Waals surface area contributed by atoms with Gasteiger partial charge in [-0.2, -0.15) is 0 Å². The van der Waals surface area contributed by atoms with Crippen molar-refractivity contribution in [3.63, 3.8) is 0 Å². The lowest BCUT2D eigenvalue weighted by Gasteiger charge is -1.93. The van der Waals surface area contributed by atoms with E-state index in [4.69, 9.17) is 6.58 Å². The van der Waals surface area contributed by atoms with Crippen LogP contribution in [0.3, 0.4) is 0 Å². The Kier molecular flexibility index (Phi) is 1.96. The normalized spacial score (nSPS) is 9.00. The standard InChI is InChI=1S/C8H7S/c1-7(9)8-5-3-2-4-6-8/h1-6,9H. The largest absolute Gasteiger partial charge is 0.143 e. The minimum atomic E-state index is 0.565. The maximum absolute atomic E-state index is 5.39. The SMILES string of the molecule is [CH]=C(S)c1ccccc1. The van der Waals surface area contributed by atoms with Gasteiger partial charge in [-0.3, -0.25) is 0 Å². The second kappa shape index (κ2) is 2.74. The summed E-state index contributed by atoms with van der Waals surface area (Å²) in [7, 11) is 0. The monoisotopic (exact) mass is 135 g/mol. The summed E-state index contributed by atoms with van der Waals surface area (Å²) >= 11 is 3.98. The number of hydrogen-bond donors (Lipinski definition) is 1. The summed E-state index contributed by atoms with van der Waals surface area (Å²) in [5.74, 6) is 0. The Bertz CT molecular complexity index is 201. The highest BCUT2D eigenvalue weighted by atomic mass is 32.1. The molecule has 0 bridgehead atoms. The van der Waals surface area contributed by atoms with Gasteiger partial charge < -0.3 is 0 Å². The molecule has 45 valence electrons. The Labute approximate surface area is 60.6 Å². The molecule has 0 aliphatic carbocycles. The van der Waals surface area contributed by atoms with E-state index in [1.165, 1.54) is 0 Å². The molecule has 0 N–H and O–H groups in total. The number of hydrogen-bond acceptors (Lipinski definition) is 1. The van der Waals surface area contributed by atoms with Crippen LogP contribution in [0.5, 0.6) is 0 Å². The molecule has 0 amide bonds. The van der Waals surface area contributed by atoms with Gasteiger partial charge in [0.05, 0.1) is 0 Å². The predicted molar refractivity (Wildman–Crippen MR) is 43.1 cm³/mol. The molecule has 0 aliphatic rings. The van der Waals surface area contributed by atoms with Crippen molar-refractivity contribution in [1.82, 2.24) is 0 Å².